The number of nitrogens with zero attached hydrogens (tertiary/aromatic N) is 3. The Kier molecular flexibility index (Phi) is 5.10. The van der Waals surface area contributed by atoms with Gasteiger partial charge in [-0.25, -0.2) is 14.8 Å². The molecular formula is C23H22N4O3. The molecule has 7 nitrogen and oxygen atoms in total. The molecule has 152 valence electrons. The fourth-order valence-corrected chi connectivity index (χ4v) is 3.35. The smallest absolute Gasteiger partial charge is 0.338 e. The third kappa shape index (κ3) is 3.69. The average Bonchev–Trinajstić information content (AvgIpc) is 3.07. The second-order valence-corrected chi connectivity index (χ2v) is 6.95. The molecule has 2 N–H and O–H groups in total. The number of benzene rings is 2. The summed E-state index contributed by atoms with van der Waals surface area (Å²) in [6.45, 7) is 6.05. The van der Waals surface area contributed by atoms with Crippen LogP contribution in [0.15, 0.2) is 54.6 Å². The first-order valence-electron chi connectivity index (χ1n) is 9.66. The molecule has 0 fully saturated rings. The predicted octanol–water partition coefficient (Wildman–Crippen LogP) is 4.64. The lowest BCUT2D eigenvalue weighted by Crippen LogP contribution is -2.05. The Morgan fingerprint density at radius 3 is 2.43 bits per heavy atom. The van der Waals surface area contributed by atoms with E-state index in [9.17, 15) is 9.90 Å². The number of nitrogens with one attached hydrogen (secondary N) is 1. The third-order valence-corrected chi connectivity index (χ3v) is 4.71. The van der Waals surface area contributed by atoms with Crippen LogP contribution in [0.3, 0.4) is 0 Å². The number of fused-ring (bicyclic) bond motifs is 1. The van der Waals surface area contributed by atoms with Gasteiger partial charge in [0.05, 0.1) is 12.2 Å². The fourth-order valence-electron chi connectivity index (χ4n) is 3.35. The largest absolute Gasteiger partial charge is 0.508 e. The number of aromatic hydroxyl groups is 1. The van der Waals surface area contributed by atoms with Crippen LogP contribution < -0.4 is 5.32 Å². The molecule has 0 saturated heterocycles. The van der Waals surface area contributed by atoms with E-state index in [1.807, 2.05) is 48.6 Å². The van der Waals surface area contributed by atoms with Gasteiger partial charge in [0, 0.05) is 22.6 Å². The van der Waals surface area contributed by atoms with Crippen molar-refractivity contribution in [2.24, 2.45) is 0 Å². The van der Waals surface area contributed by atoms with E-state index < -0.39 is 0 Å². The van der Waals surface area contributed by atoms with E-state index in [0.717, 1.165) is 28.5 Å². The Bertz CT molecular complexity index is 1210. The number of hydrogen-bond acceptors (Lipinski definition) is 6. The average molecular weight is 402 g/mol. The number of ether oxygens (including phenoxy) is 1. The Hall–Kier alpha value is -3.87. The number of aromatic nitrogens is 3. The summed E-state index contributed by atoms with van der Waals surface area (Å²) in [6, 6.07) is 16.0. The van der Waals surface area contributed by atoms with E-state index in [2.05, 4.69) is 10.3 Å². The van der Waals surface area contributed by atoms with Gasteiger partial charge in [0.15, 0.2) is 0 Å². The molecule has 2 heterocycles. The van der Waals surface area contributed by atoms with Crippen LogP contribution in [0.25, 0.3) is 17.0 Å². The molecule has 2 aromatic carbocycles. The molecule has 30 heavy (non-hydrogen) atoms. The molecule has 2 aromatic heterocycles. The van der Waals surface area contributed by atoms with E-state index in [1.54, 1.807) is 31.2 Å². The van der Waals surface area contributed by atoms with Crippen LogP contribution in [0.4, 0.5) is 11.5 Å². The SMILES string of the molecule is CCOC(=O)c1ccc(Nc2c(-c3ccc(O)cc3)nc3nc(C)cc(C)n23)cc1. The quantitative estimate of drug-likeness (QED) is 0.473. The van der Waals surface area contributed by atoms with Gasteiger partial charge in [-0.1, -0.05) is 0 Å². The van der Waals surface area contributed by atoms with Crippen LogP contribution >= 0.6 is 0 Å². The maximum atomic E-state index is 11.9. The third-order valence-electron chi connectivity index (χ3n) is 4.71. The van der Waals surface area contributed by atoms with Crippen LogP contribution in [-0.4, -0.2) is 32.1 Å². The van der Waals surface area contributed by atoms with Crippen molar-refractivity contribution in [1.82, 2.24) is 14.4 Å². The van der Waals surface area contributed by atoms with Gasteiger partial charge in [0.25, 0.3) is 0 Å². The first-order valence-corrected chi connectivity index (χ1v) is 9.66. The number of carbonyl (C=O) groups excluding carboxylic acids is 1. The van der Waals surface area contributed by atoms with Crippen LogP contribution in [0.1, 0.15) is 28.7 Å². The number of imidazole rings is 1. The first-order chi connectivity index (χ1) is 14.5. The number of carbonyl (C=O) groups is 1. The Morgan fingerprint density at radius 1 is 1.07 bits per heavy atom. The summed E-state index contributed by atoms with van der Waals surface area (Å²) >= 11 is 0. The van der Waals surface area contributed by atoms with Crippen molar-refractivity contribution < 1.29 is 14.6 Å². The normalized spacial score (nSPS) is 10.9. The van der Waals surface area contributed by atoms with Crippen LogP contribution in [-0.2, 0) is 4.74 Å². The zero-order valence-electron chi connectivity index (χ0n) is 17.0. The van der Waals surface area contributed by atoms with Crippen molar-refractivity contribution in [3.05, 3.63) is 71.5 Å². The molecule has 0 aliphatic carbocycles. The molecule has 4 rings (SSSR count). The zero-order valence-corrected chi connectivity index (χ0v) is 17.0. The molecule has 0 atom stereocenters. The number of hydrogen-bond donors (Lipinski definition) is 2. The second-order valence-electron chi connectivity index (χ2n) is 6.95. The minimum absolute atomic E-state index is 0.191. The summed E-state index contributed by atoms with van der Waals surface area (Å²) in [7, 11) is 0. The number of aryl methyl sites for hydroxylation is 2. The monoisotopic (exact) mass is 402 g/mol. The van der Waals surface area contributed by atoms with Crippen molar-refractivity contribution >= 4 is 23.3 Å². The summed E-state index contributed by atoms with van der Waals surface area (Å²) in [5.74, 6) is 1.18. The minimum Gasteiger partial charge on any atom is -0.508 e. The highest BCUT2D eigenvalue weighted by molar-refractivity contribution is 5.90. The van der Waals surface area contributed by atoms with Gasteiger partial charge in [-0.2, -0.15) is 0 Å². The maximum absolute atomic E-state index is 11.9. The zero-order chi connectivity index (χ0) is 21.3. The van der Waals surface area contributed by atoms with E-state index >= 15 is 0 Å². The lowest BCUT2D eigenvalue weighted by Gasteiger charge is -2.11. The maximum Gasteiger partial charge on any atom is 0.338 e. The summed E-state index contributed by atoms with van der Waals surface area (Å²) in [4.78, 5) is 21.2. The van der Waals surface area contributed by atoms with Gasteiger partial charge in [0.2, 0.25) is 5.78 Å². The molecule has 0 unspecified atom stereocenters. The minimum atomic E-state index is -0.348. The summed E-state index contributed by atoms with van der Waals surface area (Å²) < 4.78 is 7.00. The van der Waals surface area contributed by atoms with Gasteiger partial charge < -0.3 is 15.2 Å². The Morgan fingerprint density at radius 2 is 1.77 bits per heavy atom. The van der Waals surface area contributed by atoms with Crippen molar-refractivity contribution in [3.8, 4) is 17.0 Å². The molecule has 0 radical (unpaired) electrons. The van der Waals surface area contributed by atoms with E-state index in [4.69, 9.17) is 9.72 Å². The van der Waals surface area contributed by atoms with E-state index in [0.29, 0.717) is 23.6 Å². The van der Waals surface area contributed by atoms with Crippen molar-refractivity contribution in [1.29, 1.82) is 0 Å². The van der Waals surface area contributed by atoms with Gasteiger partial charge in [-0.3, -0.25) is 4.40 Å². The second kappa shape index (κ2) is 7.87. The molecule has 0 spiro atoms. The Labute approximate surface area is 174 Å². The Balaban J connectivity index is 1.79. The number of phenols is 1. The molecular weight excluding hydrogens is 380 g/mol. The molecule has 0 aliphatic heterocycles. The van der Waals surface area contributed by atoms with E-state index in [-0.39, 0.29) is 11.7 Å². The summed E-state index contributed by atoms with van der Waals surface area (Å²) in [5.41, 5.74) is 4.72. The summed E-state index contributed by atoms with van der Waals surface area (Å²) in [6.07, 6.45) is 0. The lowest BCUT2D eigenvalue weighted by atomic mass is 10.1. The summed E-state index contributed by atoms with van der Waals surface area (Å²) in [5, 5.41) is 13.1. The fraction of sp³-hybridized carbons (Fsp3) is 0.174. The van der Waals surface area contributed by atoms with E-state index in [1.165, 1.54) is 0 Å². The number of esters is 1. The number of rotatable bonds is 5. The molecule has 7 heteroatoms. The highest BCUT2D eigenvalue weighted by atomic mass is 16.5. The van der Waals surface area contributed by atoms with Crippen molar-refractivity contribution in [3.63, 3.8) is 0 Å². The van der Waals surface area contributed by atoms with Crippen molar-refractivity contribution in [2.45, 2.75) is 20.8 Å². The molecule has 0 aliphatic rings. The number of phenolic OH excluding ortho intramolecular Hbond substituents is 1. The lowest BCUT2D eigenvalue weighted by molar-refractivity contribution is 0.0526. The topological polar surface area (TPSA) is 88.8 Å². The van der Waals surface area contributed by atoms with Gasteiger partial charge in [0.1, 0.15) is 17.3 Å². The molecule has 4 aromatic rings. The van der Waals surface area contributed by atoms with Crippen molar-refractivity contribution in [2.75, 3.05) is 11.9 Å². The number of anilines is 2. The molecule has 0 bridgehead atoms. The van der Waals surface area contributed by atoms with Gasteiger partial charge in [-0.15, -0.1) is 0 Å². The van der Waals surface area contributed by atoms with Crippen LogP contribution in [0.5, 0.6) is 5.75 Å². The van der Waals surface area contributed by atoms with Crippen LogP contribution in [0.2, 0.25) is 0 Å². The van der Waals surface area contributed by atoms with Crippen LogP contribution in [0, 0.1) is 13.8 Å². The standard InChI is InChI=1S/C23H22N4O3/c1-4-30-22(29)17-5-9-18(10-6-17)25-21-20(16-7-11-19(28)12-8-16)26-23-24-14(2)13-15(3)27(21)23/h5-13,25,28H,4H2,1-3H3. The first kappa shape index (κ1) is 19.4. The highest BCUT2D eigenvalue weighted by Crippen LogP contribution is 2.32. The molecule has 0 saturated carbocycles. The van der Waals surface area contributed by atoms with Gasteiger partial charge in [-0.05, 0) is 75.4 Å². The van der Waals surface area contributed by atoms with Gasteiger partial charge >= 0.3 is 5.97 Å². The predicted molar refractivity (Wildman–Crippen MR) is 115 cm³/mol. The molecule has 0 amide bonds. The highest BCUT2D eigenvalue weighted by Gasteiger charge is 2.17.